The molecule has 0 saturated heterocycles. The molecule has 17 heavy (non-hydrogen) atoms. The van der Waals surface area contributed by atoms with E-state index in [-0.39, 0.29) is 5.54 Å². The van der Waals surface area contributed by atoms with Crippen molar-refractivity contribution in [3.05, 3.63) is 22.4 Å². The Morgan fingerprint density at radius 1 is 1.35 bits per heavy atom. The van der Waals surface area contributed by atoms with Gasteiger partial charge < -0.3 is 4.42 Å². The van der Waals surface area contributed by atoms with E-state index in [1.54, 1.807) is 0 Å². The third-order valence-electron chi connectivity index (χ3n) is 2.63. The van der Waals surface area contributed by atoms with Crippen LogP contribution in [-0.4, -0.2) is 14.8 Å². The predicted octanol–water partition coefficient (Wildman–Crippen LogP) is 3.57. The molecule has 0 aromatic carbocycles. The average molecular weight is 251 g/mol. The number of H-pyrrole nitrogens is 1. The predicted molar refractivity (Wildman–Crippen MR) is 69.6 cm³/mol. The second-order valence-corrected chi connectivity index (χ2v) is 5.57. The van der Waals surface area contributed by atoms with E-state index in [2.05, 4.69) is 31.0 Å². The molecule has 2 heterocycles. The standard InChI is InChI=1S/C12H17N3OS/c1-7-6-9(8(2)16-7)10-13-14-11(17)15(10)12(3,4)5/h6H,1-5H3,(H,14,17). The Morgan fingerprint density at radius 3 is 2.47 bits per heavy atom. The maximum Gasteiger partial charge on any atom is 0.195 e. The summed E-state index contributed by atoms with van der Waals surface area (Å²) in [6.07, 6.45) is 0. The molecular weight excluding hydrogens is 234 g/mol. The molecule has 0 amide bonds. The molecule has 2 rings (SSSR count). The van der Waals surface area contributed by atoms with Crippen LogP contribution < -0.4 is 0 Å². The number of nitrogens with zero attached hydrogens (tertiary/aromatic N) is 2. The molecule has 0 spiro atoms. The van der Waals surface area contributed by atoms with E-state index < -0.39 is 0 Å². The minimum Gasteiger partial charge on any atom is -0.466 e. The van der Waals surface area contributed by atoms with Crippen molar-refractivity contribution in [2.24, 2.45) is 0 Å². The first kappa shape index (κ1) is 12.1. The number of rotatable bonds is 1. The zero-order valence-electron chi connectivity index (χ0n) is 10.8. The van der Waals surface area contributed by atoms with Gasteiger partial charge in [-0.1, -0.05) is 0 Å². The number of aryl methyl sites for hydroxylation is 2. The van der Waals surface area contributed by atoms with Crippen LogP contribution in [0.4, 0.5) is 0 Å². The fourth-order valence-electron chi connectivity index (χ4n) is 1.95. The van der Waals surface area contributed by atoms with Crippen molar-refractivity contribution in [1.82, 2.24) is 14.8 Å². The summed E-state index contributed by atoms with van der Waals surface area (Å²) in [6, 6.07) is 1.99. The van der Waals surface area contributed by atoms with E-state index in [1.165, 1.54) is 0 Å². The summed E-state index contributed by atoms with van der Waals surface area (Å²) in [5.74, 6) is 2.57. The van der Waals surface area contributed by atoms with Crippen molar-refractivity contribution < 1.29 is 4.42 Å². The second kappa shape index (κ2) is 3.84. The molecule has 2 aromatic heterocycles. The summed E-state index contributed by atoms with van der Waals surface area (Å²) in [6.45, 7) is 10.2. The van der Waals surface area contributed by atoms with E-state index in [9.17, 15) is 0 Å². The van der Waals surface area contributed by atoms with Gasteiger partial charge in [-0.15, -0.1) is 0 Å². The maximum atomic E-state index is 5.54. The highest BCUT2D eigenvalue weighted by molar-refractivity contribution is 7.71. The zero-order valence-corrected chi connectivity index (χ0v) is 11.6. The van der Waals surface area contributed by atoms with Crippen LogP contribution in [0.3, 0.4) is 0 Å². The van der Waals surface area contributed by atoms with Gasteiger partial charge in [0, 0.05) is 5.54 Å². The summed E-state index contributed by atoms with van der Waals surface area (Å²) in [4.78, 5) is 0. The van der Waals surface area contributed by atoms with Crippen LogP contribution in [0.5, 0.6) is 0 Å². The van der Waals surface area contributed by atoms with Gasteiger partial charge in [0.05, 0.1) is 5.56 Å². The highest BCUT2D eigenvalue weighted by Gasteiger charge is 2.22. The van der Waals surface area contributed by atoms with Crippen molar-refractivity contribution in [2.75, 3.05) is 0 Å². The molecule has 0 bridgehead atoms. The van der Waals surface area contributed by atoms with Gasteiger partial charge in [0.2, 0.25) is 0 Å². The summed E-state index contributed by atoms with van der Waals surface area (Å²) in [5, 5.41) is 7.17. The largest absolute Gasteiger partial charge is 0.466 e. The van der Waals surface area contributed by atoms with Crippen molar-refractivity contribution in [2.45, 2.75) is 40.2 Å². The lowest BCUT2D eigenvalue weighted by molar-refractivity contribution is 0.395. The maximum absolute atomic E-state index is 5.54. The molecule has 0 aliphatic carbocycles. The number of aromatic amines is 1. The summed E-state index contributed by atoms with van der Waals surface area (Å²) in [7, 11) is 0. The van der Waals surface area contributed by atoms with Gasteiger partial charge in [0.1, 0.15) is 11.5 Å². The number of hydrogen-bond donors (Lipinski definition) is 1. The van der Waals surface area contributed by atoms with Crippen molar-refractivity contribution in [3.8, 4) is 11.4 Å². The zero-order chi connectivity index (χ0) is 12.8. The molecule has 0 aliphatic heterocycles. The lowest BCUT2D eigenvalue weighted by atomic mass is 10.1. The average Bonchev–Trinajstić information content (AvgIpc) is 2.68. The van der Waals surface area contributed by atoms with Crippen LogP contribution in [0.25, 0.3) is 11.4 Å². The highest BCUT2D eigenvalue weighted by atomic mass is 32.1. The SMILES string of the molecule is Cc1cc(-c2n[nH]c(=S)n2C(C)(C)C)c(C)o1. The van der Waals surface area contributed by atoms with Crippen LogP contribution in [-0.2, 0) is 5.54 Å². The fourth-order valence-corrected chi connectivity index (χ4v) is 2.36. The van der Waals surface area contributed by atoms with Crippen LogP contribution >= 0.6 is 12.2 Å². The Kier molecular flexibility index (Phi) is 2.73. The molecule has 0 saturated carbocycles. The van der Waals surface area contributed by atoms with E-state index >= 15 is 0 Å². The highest BCUT2D eigenvalue weighted by Crippen LogP contribution is 2.28. The molecule has 92 valence electrons. The van der Waals surface area contributed by atoms with Gasteiger partial charge >= 0.3 is 0 Å². The van der Waals surface area contributed by atoms with Gasteiger partial charge in [-0.2, -0.15) is 5.10 Å². The lowest BCUT2D eigenvalue weighted by Gasteiger charge is -2.22. The van der Waals surface area contributed by atoms with E-state index in [4.69, 9.17) is 16.6 Å². The van der Waals surface area contributed by atoms with E-state index in [1.807, 2.05) is 24.5 Å². The molecule has 4 nitrogen and oxygen atoms in total. The first-order valence-corrected chi connectivity index (χ1v) is 5.97. The smallest absolute Gasteiger partial charge is 0.195 e. The lowest BCUT2D eigenvalue weighted by Crippen LogP contribution is -2.23. The first-order valence-electron chi connectivity index (χ1n) is 5.56. The molecule has 0 atom stereocenters. The number of furan rings is 1. The Labute approximate surface area is 106 Å². The monoisotopic (exact) mass is 251 g/mol. The minimum atomic E-state index is -0.114. The van der Waals surface area contributed by atoms with Gasteiger partial charge in [-0.25, -0.2) is 0 Å². The fraction of sp³-hybridized carbons (Fsp3) is 0.500. The second-order valence-electron chi connectivity index (χ2n) is 5.19. The molecule has 0 fully saturated rings. The van der Waals surface area contributed by atoms with Crippen molar-refractivity contribution in [3.63, 3.8) is 0 Å². The van der Waals surface area contributed by atoms with Gasteiger partial charge in [0.25, 0.3) is 0 Å². The topological polar surface area (TPSA) is 46.8 Å². The van der Waals surface area contributed by atoms with Crippen LogP contribution in [0.1, 0.15) is 32.3 Å². The molecular formula is C12H17N3OS. The third-order valence-corrected chi connectivity index (χ3v) is 2.90. The van der Waals surface area contributed by atoms with E-state index in [0.29, 0.717) is 4.77 Å². The van der Waals surface area contributed by atoms with Crippen LogP contribution in [0.2, 0.25) is 0 Å². The van der Waals surface area contributed by atoms with Gasteiger partial charge in [-0.05, 0) is 52.9 Å². The molecule has 0 unspecified atom stereocenters. The summed E-state index contributed by atoms with van der Waals surface area (Å²) in [5.41, 5.74) is 0.876. The molecule has 2 aromatic rings. The molecule has 1 N–H and O–H groups in total. The quantitative estimate of drug-likeness (QED) is 0.788. The Hall–Kier alpha value is -1.36. The Balaban J connectivity index is 2.70. The molecule has 0 aliphatic rings. The summed E-state index contributed by atoms with van der Waals surface area (Å²) >= 11 is 5.29. The van der Waals surface area contributed by atoms with Gasteiger partial charge in [-0.3, -0.25) is 9.67 Å². The van der Waals surface area contributed by atoms with Crippen molar-refractivity contribution in [1.29, 1.82) is 0 Å². The van der Waals surface area contributed by atoms with Crippen LogP contribution in [0.15, 0.2) is 10.5 Å². The Bertz CT molecular complexity index is 598. The summed E-state index contributed by atoms with van der Waals surface area (Å²) < 4.78 is 8.19. The number of nitrogens with one attached hydrogen (secondary N) is 1. The van der Waals surface area contributed by atoms with Crippen molar-refractivity contribution >= 4 is 12.2 Å². The Morgan fingerprint density at radius 2 is 2.00 bits per heavy atom. The molecule has 5 heteroatoms. The van der Waals surface area contributed by atoms with Crippen LogP contribution in [0, 0.1) is 18.6 Å². The third kappa shape index (κ3) is 2.07. The van der Waals surface area contributed by atoms with Gasteiger partial charge in [0.15, 0.2) is 10.6 Å². The minimum absolute atomic E-state index is 0.114. The number of hydrogen-bond acceptors (Lipinski definition) is 3. The molecule has 0 radical (unpaired) electrons. The van der Waals surface area contributed by atoms with E-state index in [0.717, 1.165) is 22.9 Å². The normalized spacial score (nSPS) is 12.1. The number of aromatic nitrogens is 3. The first-order chi connectivity index (χ1) is 7.80.